The summed E-state index contributed by atoms with van der Waals surface area (Å²) in [6, 6.07) is 28.1. The number of benzene rings is 1. The van der Waals surface area contributed by atoms with Crippen molar-refractivity contribution in [2.75, 3.05) is 0 Å². The molecule has 4 heterocycles. The van der Waals surface area contributed by atoms with Gasteiger partial charge in [0.15, 0.2) is 0 Å². The zero-order valence-electron chi connectivity index (χ0n) is 17.0. The second kappa shape index (κ2) is 6.33. The molecule has 144 valence electrons. The summed E-state index contributed by atoms with van der Waals surface area (Å²) in [7, 11) is 0. The third kappa shape index (κ3) is 2.71. The molecule has 3 nitrogen and oxygen atoms in total. The number of fused-ring (bicyclic) bond motifs is 11. The minimum absolute atomic E-state index is 1.01. The highest BCUT2D eigenvalue weighted by Gasteiger charge is 2.14. The molecular weight excluding hydrogens is 366 g/mol. The van der Waals surface area contributed by atoms with Gasteiger partial charge < -0.3 is 9.97 Å². The summed E-state index contributed by atoms with van der Waals surface area (Å²) >= 11 is 0. The van der Waals surface area contributed by atoms with Gasteiger partial charge in [-0.25, -0.2) is 4.98 Å². The van der Waals surface area contributed by atoms with Gasteiger partial charge in [-0.05, 0) is 102 Å². The molecule has 0 saturated heterocycles. The van der Waals surface area contributed by atoms with E-state index in [1.165, 1.54) is 33.4 Å². The number of hydrogen-bond donors (Lipinski definition) is 2. The predicted octanol–water partition coefficient (Wildman–Crippen LogP) is 7.20. The second-order valence-corrected chi connectivity index (χ2v) is 8.05. The topological polar surface area (TPSA) is 44.5 Å². The van der Waals surface area contributed by atoms with E-state index in [4.69, 9.17) is 4.98 Å². The Labute approximate surface area is 174 Å². The summed E-state index contributed by atoms with van der Waals surface area (Å²) < 4.78 is 0. The SMILES string of the molecule is CC1=C(C)c2cc3ccc(cc4cc(cc5ccc(cc1n2)[nH]5)-c1ccccc1-4)[nH]3. The molecule has 0 amide bonds. The van der Waals surface area contributed by atoms with Gasteiger partial charge in [0.05, 0.1) is 11.4 Å². The molecular formula is C27H21N3. The first-order chi connectivity index (χ1) is 14.6. The van der Waals surface area contributed by atoms with Crippen LogP contribution in [0.4, 0.5) is 0 Å². The summed E-state index contributed by atoms with van der Waals surface area (Å²) in [5, 5.41) is 0. The number of nitrogens with one attached hydrogen (secondary N) is 2. The van der Waals surface area contributed by atoms with Crippen molar-refractivity contribution in [2.45, 2.75) is 13.8 Å². The van der Waals surface area contributed by atoms with Crippen molar-refractivity contribution in [1.29, 1.82) is 0 Å². The molecule has 1 aliphatic heterocycles. The van der Waals surface area contributed by atoms with E-state index in [0.29, 0.717) is 0 Å². The molecule has 0 fully saturated rings. The predicted molar refractivity (Wildman–Crippen MR) is 126 cm³/mol. The molecule has 1 aromatic carbocycles. The molecule has 6 rings (SSSR count). The maximum absolute atomic E-state index is 4.89. The zero-order valence-corrected chi connectivity index (χ0v) is 17.0. The minimum atomic E-state index is 1.01. The quantitative estimate of drug-likeness (QED) is 0.290. The molecule has 0 unspecified atom stereocenters. The maximum atomic E-state index is 4.89. The molecule has 1 aliphatic carbocycles. The molecule has 30 heavy (non-hydrogen) atoms. The van der Waals surface area contributed by atoms with Crippen molar-refractivity contribution in [3.63, 3.8) is 0 Å². The molecule has 2 N–H and O–H groups in total. The fourth-order valence-corrected chi connectivity index (χ4v) is 4.34. The number of rotatable bonds is 0. The Balaban J connectivity index is 1.73. The summed E-state index contributed by atoms with van der Waals surface area (Å²) in [6.45, 7) is 4.28. The standard InChI is InChI=1S/C27H21N3/c1-16-17(2)27-15-23-10-8-21(29-23)13-19-11-18(24-5-3-4-6-25(19)24)12-20-7-9-22(28-20)14-26(16)30-27/h3-15,28-29H,1-2H3. The van der Waals surface area contributed by atoms with Crippen LogP contribution < -0.4 is 0 Å². The number of hydrogen-bond acceptors (Lipinski definition) is 1. The minimum Gasteiger partial charge on any atom is -0.355 e. The first-order valence-electron chi connectivity index (χ1n) is 10.2. The Kier molecular flexibility index (Phi) is 3.59. The van der Waals surface area contributed by atoms with Crippen LogP contribution in [0.2, 0.25) is 0 Å². The lowest BCUT2D eigenvalue weighted by Gasteiger charge is -1.99. The van der Waals surface area contributed by atoms with Crippen LogP contribution in [0.3, 0.4) is 0 Å². The number of allylic oxidation sites excluding steroid dienone is 2. The van der Waals surface area contributed by atoms with Gasteiger partial charge in [-0.2, -0.15) is 0 Å². The van der Waals surface area contributed by atoms with Crippen LogP contribution in [0.1, 0.15) is 25.2 Å². The monoisotopic (exact) mass is 387 g/mol. The van der Waals surface area contributed by atoms with E-state index >= 15 is 0 Å². The van der Waals surface area contributed by atoms with Crippen molar-refractivity contribution in [2.24, 2.45) is 0 Å². The van der Waals surface area contributed by atoms with Gasteiger partial charge in [0.25, 0.3) is 0 Å². The molecule has 8 bridgehead atoms. The number of nitrogens with zero attached hydrogens (tertiary/aromatic N) is 1. The third-order valence-electron chi connectivity index (χ3n) is 6.10. The van der Waals surface area contributed by atoms with Crippen LogP contribution in [0.25, 0.3) is 55.5 Å². The van der Waals surface area contributed by atoms with Gasteiger partial charge in [-0.15, -0.1) is 0 Å². The normalized spacial score (nSPS) is 12.9. The average Bonchev–Trinajstić information content (AvgIpc) is 3.50. The van der Waals surface area contributed by atoms with E-state index in [1.54, 1.807) is 0 Å². The largest absolute Gasteiger partial charge is 0.355 e. The second-order valence-electron chi connectivity index (χ2n) is 8.05. The molecule has 2 aliphatic rings. The van der Waals surface area contributed by atoms with Crippen molar-refractivity contribution in [1.82, 2.24) is 15.0 Å². The molecule has 3 heteroatoms. The smallest absolute Gasteiger partial charge is 0.0690 e. The highest BCUT2D eigenvalue weighted by atomic mass is 14.8. The fraction of sp³-hybridized carbons (Fsp3) is 0.0741. The average molecular weight is 387 g/mol. The van der Waals surface area contributed by atoms with E-state index in [2.05, 4.69) is 103 Å². The van der Waals surface area contributed by atoms with Gasteiger partial charge in [-0.1, -0.05) is 24.3 Å². The first-order valence-corrected chi connectivity index (χ1v) is 10.2. The number of aromatic amines is 2. The van der Waals surface area contributed by atoms with Crippen LogP contribution in [-0.4, -0.2) is 15.0 Å². The van der Waals surface area contributed by atoms with Gasteiger partial charge in [0, 0.05) is 22.1 Å². The van der Waals surface area contributed by atoms with E-state index in [9.17, 15) is 0 Å². The van der Waals surface area contributed by atoms with E-state index < -0.39 is 0 Å². The third-order valence-corrected chi connectivity index (χ3v) is 6.10. The lowest BCUT2D eigenvalue weighted by molar-refractivity contribution is 1.30. The Morgan fingerprint density at radius 2 is 0.967 bits per heavy atom. The zero-order chi connectivity index (χ0) is 20.2. The lowest BCUT2D eigenvalue weighted by Crippen LogP contribution is -1.76. The van der Waals surface area contributed by atoms with Crippen molar-refractivity contribution >= 4 is 33.2 Å². The Morgan fingerprint density at radius 3 is 1.43 bits per heavy atom. The van der Waals surface area contributed by atoms with Crippen LogP contribution in [0.15, 0.2) is 78.9 Å². The van der Waals surface area contributed by atoms with Crippen molar-refractivity contribution in [3.8, 4) is 22.3 Å². The Hall–Kier alpha value is -3.85. The van der Waals surface area contributed by atoms with Crippen LogP contribution in [-0.2, 0) is 0 Å². The van der Waals surface area contributed by atoms with Gasteiger partial charge in [0.2, 0.25) is 0 Å². The highest BCUT2D eigenvalue weighted by molar-refractivity contribution is 5.93. The van der Waals surface area contributed by atoms with Crippen LogP contribution in [0.5, 0.6) is 0 Å². The maximum Gasteiger partial charge on any atom is 0.0690 e. The van der Waals surface area contributed by atoms with Gasteiger partial charge in [-0.3, -0.25) is 0 Å². The molecule has 4 aromatic rings. The summed E-state index contributed by atoms with van der Waals surface area (Å²) in [5.74, 6) is 0. The van der Waals surface area contributed by atoms with Crippen molar-refractivity contribution in [3.05, 3.63) is 90.3 Å². The molecule has 0 spiro atoms. The highest BCUT2D eigenvalue weighted by Crippen LogP contribution is 2.38. The van der Waals surface area contributed by atoms with Crippen LogP contribution >= 0.6 is 0 Å². The molecule has 0 atom stereocenters. The fourth-order valence-electron chi connectivity index (χ4n) is 4.34. The Morgan fingerprint density at radius 1 is 0.533 bits per heavy atom. The lowest BCUT2D eigenvalue weighted by atomic mass is 10.1. The summed E-state index contributed by atoms with van der Waals surface area (Å²) in [5.41, 5.74) is 13.7. The van der Waals surface area contributed by atoms with E-state index in [0.717, 1.165) is 33.5 Å². The number of aromatic nitrogens is 3. The van der Waals surface area contributed by atoms with Crippen molar-refractivity contribution < 1.29 is 0 Å². The molecule has 0 radical (unpaired) electrons. The van der Waals surface area contributed by atoms with E-state index in [1.807, 2.05) is 0 Å². The van der Waals surface area contributed by atoms with Crippen LogP contribution in [0, 0.1) is 0 Å². The van der Waals surface area contributed by atoms with Gasteiger partial charge >= 0.3 is 0 Å². The summed E-state index contributed by atoms with van der Waals surface area (Å²) in [6.07, 6.45) is 0. The number of H-pyrrole nitrogens is 2. The van der Waals surface area contributed by atoms with E-state index in [-0.39, 0.29) is 0 Å². The first kappa shape index (κ1) is 17.0. The van der Waals surface area contributed by atoms with Gasteiger partial charge in [0.1, 0.15) is 0 Å². The summed E-state index contributed by atoms with van der Waals surface area (Å²) in [4.78, 5) is 11.9. The molecule has 0 saturated carbocycles. The molecule has 3 aromatic heterocycles. The Bertz CT molecular complexity index is 1400.